The molecule has 1 aromatic rings. The maximum absolute atomic E-state index is 12.2. The average molecular weight is 264 g/mol. The number of nitrogens with zero attached hydrogens (tertiary/aromatic N) is 2. The number of hydrogen-bond acceptors (Lipinski definition) is 4. The van der Waals surface area contributed by atoms with Crippen molar-refractivity contribution in [1.82, 2.24) is 4.90 Å². The van der Waals surface area contributed by atoms with Crippen LogP contribution in [0.1, 0.15) is 12.0 Å². The summed E-state index contributed by atoms with van der Waals surface area (Å²) in [6.45, 7) is 0.350. The molecule has 0 fully saturated rings. The van der Waals surface area contributed by atoms with Crippen molar-refractivity contribution in [2.75, 3.05) is 19.0 Å². The molecule has 1 aliphatic heterocycles. The number of benzene rings is 1. The number of carbonyl (C=O) groups is 2. The second-order valence-electron chi connectivity index (χ2n) is 4.73. The topological polar surface area (TPSA) is 81.1 Å². The first-order valence-corrected chi connectivity index (χ1v) is 5.91. The molecule has 6 heteroatoms. The average Bonchev–Trinajstić information content (AvgIpc) is 2.40. The first-order chi connectivity index (χ1) is 8.90. The number of hydrogen-bond donors (Lipinski definition) is 2. The summed E-state index contributed by atoms with van der Waals surface area (Å²) in [5.74, 6) is -1.12. The molecular formula is C13H16N2O4. The molecule has 0 saturated heterocycles. The maximum atomic E-state index is 12.2. The van der Waals surface area contributed by atoms with Crippen LogP contribution in [-0.2, 0) is 16.1 Å². The van der Waals surface area contributed by atoms with E-state index in [2.05, 4.69) is 0 Å². The number of phenolic OH excluding ortho intramolecular Hbond substituents is 1. The van der Waals surface area contributed by atoms with Crippen LogP contribution in [0.4, 0.5) is 5.69 Å². The van der Waals surface area contributed by atoms with Crippen molar-refractivity contribution in [2.24, 2.45) is 0 Å². The van der Waals surface area contributed by atoms with Gasteiger partial charge in [0, 0.05) is 26.3 Å². The highest BCUT2D eigenvalue weighted by Gasteiger charge is 2.33. The lowest BCUT2D eigenvalue weighted by molar-refractivity contribution is -0.141. The van der Waals surface area contributed by atoms with E-state index < -0.39 is 12.0 Å². The first kappa shape index (κ1) is 13.2. The van der Waals surface area contributed by atoms with E-state index in [1.807, 2.05) is 0 Å². The van der Waals surface area contributed by atoms with Gasteiger partial charge in [-0.25, -0.2) is 0 Å². The summed E-state index contributed by atoms with van der Waals surface area (Å²) in [5, 5.41) is 18.4. The Morgan fingerprint density at radius 1 is 1.42 bits per heavy atom. The number of carboxylic acids is 1. The van der Waals surface area contributed by atoms with Gasteiger partial charge in [-0.2, -0.15) is 0 Å². The normalized spacial score (nSPS) is 19.1. The molecule has 6 nitrogen and oxygen atoms in total. The molecule has 1 unspecified atom stereocenters. The minimum atomic E-state index is -1.01. The molecule has 0 radical (unpaired) electrons. The van der Waals surface area contributed by atoms with Crippen molar-refractivity contribution < 1.29 is 19.8 Å². The van der Waals surface area contributed by atoms with Crippen LogP contribution >= 0.6 is 0 Å². The lowest BCUT2D eigenvalue weighted by atomic mass is 10.1. The van der Waals surface area contributed by atoms with Crippen molar-refractivity contribution in [3.05, 3.63) is 23.8 Å². The summed E-state index contributed by atoms with van der Waals surface area (Å²) < 4.78 is 0. The van der Waals surface area contributed by atoms with Crippen LogP contribution in [0.5, 0.6) is 5.75 Å². The summed E-state index contributed by atoms with van der Waals surface area (Å²) in [4.78, 5) is 26.3. The van der Waals surface area contributed by atoms with Gasteiger partial charge in [0.2, 0.25) is 5.91 Å². The number of aliphatic carboxylic acids is 1. The first-order valence-electron chi connectivity index (χ1n) is 5.91. The van der Waals surface area contributed by atoms with Gasteiger partial charge in [-0.1, -0.05) is 0 Å². The van der Waals surface area contributed by atoms with Gasteiger partial charge in [0.15, 0.2) is 0 Å². The van der Waals surface area contributed by atoms with E-state index in [0.29, 0.717) is 6.54 Å². The van der Waals surface area contributed by atoms with E-state index in [0.717, 1.165) is 11.3 Å². The van der Waals surface area contributed by atoms with Gasteiger partial charge in [0.1, 0.15) is 11.8 Å². The van der Waals surface area contributed by atoms with Gasteiger partial charge >= 0.3 is 5.97 Å². The molecule has 1 aliphatic rings. The molecule has 0 spiro atoms. The molecule has 0 bridgehead atoms. The maximum Gasteiger partial charge on any atom is 0.305 e. The molecule has 0 aromatic heterocycles. The summed E-state index contributed by atoms with van der Waals surface area (Å²) >= 11 is 0. The largest absolute Gasteiger partial charge is 0.508 e. The van der Waals surface area contributed by atoms with Crippen LogP contribution in [-0.4, -0.2) is 47.1 Å². The van der Waals surface area contributed by atoms with Crippen molar-refractivity contribution >= 4 is 17.6 Å². The Balaban J connectivity index is 2.46. The van der Waals surface area contributed by atoms with Crippen LogP contribution in [0.2, 0.25) is 0 Å². The van der Waals surface area contributed by atoms with Crippen LogP contribution in [0.15, 0.2) is 18.2 Å². The third-order valence-electron chi connectivity index (χ3n) is 3.35. The summed E-state index contributed by atoms with van der Waals surface area (Å²) in [6.07, 6.45) is -0.250. The number of anilines is 1. The fourth-order valence-corrected chi connectivity index (χ4v) is 2.35. The van der Waals surface area contributed by atoms with Gasteiger partial charge in [-0.3, -0.25) is 9.59 Å². The number of phenols is 1. The predicted molar refractivity (Wildman–Crippen MR) is 69.0 cm³/mol. The zero-order valence-corrected chi connectivity index (χ0v) is 10.8. The number of carbonyl (C=O) groups excluding carboxylic acids is 1. The van der Waals surface area contributed by atoms with Crippen molar-refractivity contribution in [2.45, 2.75) is 19.0 Å². The fraction of sp³-hybridized carbons (Fsp3) is 0.385. The highest BCUT2D eigenvalue weighted by molar-refractivity contribution is 5.90. The lowest BCUT2D eigenvalue weighted by Crippen LogP contribution is -2.44. The van der Waals surface area contributed by atoms with Gasteiger partial charge in [0.25, 0.3) is 0 Å². The molecule has 1 atom stereocenters. The van der Waals surface area contributed by atoms with Crippen molar-refractivity contribution in [3.63, 3.8) is 0 Å². The van der Waals surface area contributed by atoms with Gasteiger partial charge in [-0.15, -0.1) is 0 Å². The van der Waals surface area contributed by atoms with Crippen molar-refractivity contribution in [3.8, 4) is 5.75 Å². The van der Waals surface area contributed by atoms with E-state index in [-0.39, 0.29) is 18.1 Å². The monoisotopic (exact) mass is 264 g/mol. The lowest BCUT2D eigenvalue weighted by Gasteiger charge is -2.27. The van der Waals surface area contributed by atoms with E-state index in [9.17, 15) is 14.7 Å². The molecule has 0 aliphatic carbocycles. The molecule has 1 amide bonds. The molecule has 1 aromatic carbocycles. The summed E-state index contributed by atoms with van der Waals surface area (Å²) in [5.41, 5.74) is 1.56. The Labute approximate surface area is 110 Å². The van der Waals surface area contributed by atoms with E-state index in [1.165, 1.54) is 11.0 Å². The second kappa shape index (κ2) is 4.79. The molecule has 19 heavy (non-hydrogen) atoms. The zero-order valence-electron chi connectivity index (χ0n) is 10.8. The standard InChI is InChI=1S/C13H16N2O4/c1-14-7-8-5-9(16)3-4-10(8)15(2)11(13(14)19)6-12(17)18/h3-5,11,16H,6-7H2,1-2H3,(H,17,18). The smallest absolute Gasteiger partial charge is 0.305 e. The Hall–Kier alpha value is -2.24. The van der Waals surface area contributed by atoms with E-state index in [4.69, 9.17) is 5.11 Å². The van der Waals surface area contributed by atoms with Crippen molar-refractivity contribution in [1.29, 1.82) is 0 Å². The predicted octanol–water partition coefficient (Wildman–Crippen LogP) is 0.644. The molecule has 102 valence electrons. The van der Waals surface area contributed by atoms with E-state index in [1.54, 1.807) is 31.1 Å². The molecule has 0 saturated carbocycles. The Bertz CT molecular complexity index is 529. The van der Waals surface area contributed by atoms with Gasteiger partial charge in [-0.05, 0) is 23.8 Å². The summed E-state index contributed by atoms with van der Waals surface area (Å²) in [6, 6.07) is 4.10. The number of carboxylic acid groups (broad SMARTS) is 1. The second-order valence-corrected chi connectivity index (χ2v) is 4.73. The SMILES string of the molecule is CN1Cc2cc(O)ccc2N(C)C(CC(=O)O)C1=O. The quantitative estimate of drug-likeness (QED) is 0.819. The molecular weight excluding hydrogens is 248 g/mol. The van der Waals surface area contributed by atoms with Gasteiger partial charge < -0.3 is 20.0 Å². The third-order valence-corrected chi connectivity index (χ3v) is 3.35. The Kier molecular flexibility index (Phi) is 3.33. The molecule has 2 rings (SSSR count). The van der Waals surface area contributed by atoms with Crippen LogP contribution < -0.4 is 4.90 Å². The Morgan fingerprint density at radius 2 is 2.11 bits per heavy atom. The highest BCUT2D eigenvalue weighted by atomic mass is 16.4. The van der Waals surface area contributed by atoms with Crippen LogP contribution in [0, 0.1) is 0 Å². The van der Waals surface area contributed by atoms with Crippen LogP contribution in [0.25, 0.3) is 0 Å². The summed E-state index contributed by atoms with van der Waals surface area (Å²) in [7, 11) is 3.32. The molecule has 2 N–H and O–H groups in total. The van der Waals surface area contributed by atoms with Crippen LogP contribution in [0.3, 0.4) is 0 Å². The van der Waals surface area contributed by atoms with E-state index >= 15 is 0 Å². The number of likely N-dealkylation sites (N-methyl/N-ethyl adjacent to an activating group) is 2. The fourth-order valence-electron chi connectivity index (χ4n) is 2.35. The number of amides is 1. The highest BCUT2D eigenvalue weighted by Crippen LogP contribution is 2.30. The van der Waals surface area contributed by atoms with Gasteiger partial charge in [0.05, 0.1) is 6.42 Å². The molecule has 1 heterocycles. The third kappa shape index (κ3) is 2.47. The number of rotatable bonds is 2. The Morgan fingerprint density at radius 3 is 2.74 bits per heavy atom. The minimum absolute atomic E-state index is 0.129. The number of aromatic hydroxyl groups is 1. The number of fused-ring (bicyclic) bond motifs is 1. The zero-order chi connectivity index (χ0) is 14.2. The minimum Gasteiger partial charge on any atom is -0.508 e.